The van der Waals surface area contributed by atoms with Crippen molar-refractivity contribution >= 4 is 12.1 Å². The Morgan fingerprint density at radius 2 is 1.90 bits per heavy atom. The van der Waals surface area contributed by atoms with Gasteiger partial charge in [-0.2, -0.15) is 0 Å². The number of hydrogen-bond acceptors (Lipinski definition) is 4. The number of alkyl carbamates (subject to hydrolysis) is 1. The summed E-state index contributed by atoms with van der Waals surface area (Å²) in [4.78, 5) is 23.2. The molecule has 1 aliphatic carbocycles. The van der Waals surface area contributed by atoms with Gasteiger partial charge in [0, 0.05) is 13.2 Å². The molecular formula is C14H25NO5. The van der Waals surface area contributed by atoms with E-state index in [9.17, 15) is 14.7 Å². The van der Waals surface area contributed by atoms with Crippen molar-refractivity contribution in [3.8, 4) is 0 Å². The lowest BCUT2D eigenvalue weighted by Crippen LogP contribution is -2.45. The molecule has 0 aromatic heterocycles. The molecule has 1 amide bonds. The van der Waals surface area contributed by atoms with Gasteiger partial charge >= 0.3 is 12.1 Å². The van der Waals surface area contributed by atoms with E-state index in [2.05, 4.69) is 5.32 Å². The molecule has 1 saturated carbocycles. The molecule has 0 radical (unpaired) electrons. The zero-order chi connectivity index (χ0) is 15.4. The van der Waals surface area contributed by atoms with Crippen LogP contribution in [-0.4, -0.2) is 41.0 Å². The maximum Gasteiger partial charge on any atom is 0.407 e. The Kier molecular flexibility index (Phi) is 5.39. The van der Waals surface area contributed by atoms with Gasteiger partial charge in [0.05, 0.1) is 5.41 Å². The van der Waals surface area contributed by atoms with Gasteiger partial charge in [0.25, 0.3) is 0 Å². The molecule has 0 spiro atoms. The molecule has 1 rings (SSSR count). The molecule has 6 nitrogen and oxygen atoms in total. The van der Waals surface area contributed by atoms with Gasteiger partial charge in [-0.05, 0) is 39.5 Å². The number of aliphatic carboxylic acids is 1. The van der Waals surface area contributed by atoms with E-state index in [1.165, 1.54) is 0 Å². The van der Waals surface area contributed by atoms with Crippen molar-refractivity contribution in [2.24, 2.45) is 11.3 Å². The van der Waals surface area contributed by atoms with E-state index in [0.717, 1.165) is 12.8 Å². The SMILES string of the molecule is CC(C)(C)OC(=O)NCC(CCO)(CC1CC1)C(=O)O. The van der Waals surface area contributed by atoms with E-state index in [1.54, 1.807) is 20.8 Å². The average molecular weight is 287 g/mol. The van der Waals surface area contributed by atoms with Gasteiger partial charge in [-0.15, -0.1) is 0 Å². The Morgan fingerprint density at radius 1 is 1.30 bits per heavy atom. The van der Waals surface area contributed by atoms with E-state index in [0.29, 0.717) is 12.3 Å². The zero-order valence-corrected chi connectivity index (χ0v) is 12.4. The zero-order valence-electron chi connectivity index (χ0n) is 12.4. The second kappa shape index (κ2) is 6.43. The standard InChI is InChI=1S/C14H25NO5/c1-13(2,3)20-12(19)15-9-14(6-7-16,11(17)18)8-10-4-5-10/h10,16H,4-9H2,1-3H3,(H,15,19)(H,17,18). The quantitative estimate of drug-likeness (QED) is 0.663. The molecule has 0 aliphatic heterocycles. The Balaban J connectivity index is 2.63. The molecule has 0 aromatic carbocycles. The molecule has 0 bridgehead atoms. The van der Waals surface area contributed by atoms with Crippen LogP contribution in [0.15, 0.2) is 0 Å². The lowest BCUT2D eigenvalue weighted by molar-refractivity contribution is -0.150. The summed E-state index contributed by atoms with van der Waals surface area (Å²) >= 11 is 0. The number of nitrogens with one attached hydrogen (secondary N) is 1. The Hall–Kier alpha value is -1.30. The van der Waals surface area contributed by atoms with Crippen LogP contribution >= 0.6 is 0 Å². The molecule has 116 valence electrons. The van der Waals surface area contributed by atoms with E-state index < -0.39 is 23.1 Å². The molecule has 0 saturated heterocycles. The molecule has 1 atom stereocenters. The van der Waals surface area contributed by atoms with Crippen molar-refractivity contribution in [2.45, 2.75) is 52.1 Å². The predicted octanol–water partition coefficient (Wildman–Crippen LogP) is 1.76. The van der Waals surface area contributed by atoms with Gasteiger partial charge in [0.1, 0.15) is 5.60 Å². The predicted molar refractivity (Wildman–Crippen MR) is 73.3 cm³/mol. The summed E-state index contributed by atoms with van der Waals surface area (Å²) < 4.78 is 5.11. The topological polar surface area (TPSA) is 95.9 Å². The molecule has 6 heteroatoms. The second-order valence-corrected chi connectivity index (χ2v) is 6.56. The van der Waals surface area contributed by atoms with E-state index >= 15 is 0 Å². The molecule has 1 unspecified atom stereocenters. The number of ether oxygens (including phenoxy) is 1. The van der Waals surface area contributed by atoms with Crippen LogP contribution < -0.4 is 5.32 Å². The van der Waals surface area contributed by atoms with Crippen molar-refractivity contribution in [1.29, 1.82) is 0 Å². The summed E-state index contributed by atoms with van der Waals surface area (Å²) in [7, 11) is 0. The third-order valence-corrected chi connectivity index (χ3v) is 3.39. The van der Waals surface area contributed by atoms with Crippen LogP contribution in [0.1, 0.15) is 46.5 Å². The molecule has 0 heterocycles. The number of carbonyl (C=O) groups excluding carboxylic acids is 1. The van der Waals surface area contributed by atoms with Gasteiger partial charge in [-0.25, -0.2) is 4.79 Å². The van der Waals surface area contributed by atoms with E-state index in [4.69, 9.17) is 9.84 Å². The third-order valence-electron chi connectivity index (χ3n) is 3.39. The van der Waals surface area contributed by atoms with Gasteiger partial charge in [0.15, 0.2) is 0 Å². The first-order valence-electron chi connectivity index (χ1n) is 7.00. The normalized spacial score (nSPS) is 18.2. The molecule has 20 heavy (non-hydrogen) atoms. The Morgan fingerprint density at radius 3 is 2.30 bits per heavy atom. The Labute approximate surface area is 119 Å². The number of carbonyl (C=O) groups is 2. The fourth-order valence-electron chi connectivity index (χ4n) is 2.18. The number of carboxylic acid groups (broad SMARTS) is 1. The van der Waals surface area contributed by atoms with Crippen molar-refractivity contribution < 1.29 is 24.5 Å². The second-order valence-electron chi connectivity index (χ2n) is 6.56. The first-order chi connectivity index (χ1) is 9.18. The van der Waals surface area contributed by atoms with Crippen LogP contribution in [-0.2, 0) is 9.53 Å². The van der Waals surface area contributed by atoms with Crippen LogP contribution in [0.25, 0.3) is 0 Å². The van der Waals surface area contributed by atoms with Crippen LogP contribution in [0.5, 0.6) is 0 Å². The number of aliphatic hydroxyl groups is 1. The van der Waals surface area contributed by atoms with Crippen molar-refractivity contribution in [1.82, 2.24) is 5.32 Å². The van der Waals surface area contributed by atoms with Gasteiger partial charge < -0.3 is 20.3 Å². The van der Waals surface area contributed by atoms with Crippen LogP contribution in [0.3, 0.4) is 0 Å². The maximum absolute atomic E-state index is 11.6. The molecule has 0 aromatic rings. The summed E-state index contributed by atoms with van der Waals surface area (Å²) in [6.45, 7) is 5.00. The summed E-state index contributed by atoms with van der Waals surface area (Å²) in [5.41, 5.74) is -1.73. The first-order valence-corrected chi connectivity index (χ1v) is 7.00. The number of hydrogen-bond donors (Lipinski definition) is 3. The summed E-state index contributed by atoms with van der Waals surface area (Å²) in [5, 5.41) is 21.1. The van der Waals surface area contributed by atoms with Crippen LogP contribution in [0.4, 0.5) is 4.79 Å². The number of carboxylic acids is 1. The monoisotopic (exact) mass is 287 g/mol. The van der Waals surface area contributed by atoms with Gasteiger partial charge in [-0.1, -0.05) is 12.8 Å². The van der Waals surface area contributed by atoms with Crippen LogP contribution in [0.2, 0.25) is 0 Å². The van der Waals surface area contributed by atoms with Crippen molar-refractivity contribution in [3.63, 3.8) is 0 Å². The van der Waals surface area contributed by atoms with Gasteiger partial charge in [-0.3, -0.25) is 4.79 Å². The average Bonchev–Trinajstić information content (AvgIpc) is 3.07. The molecular weight excluding hydrogens is 262 g/mol. The highest BCUT2D eigenvalue weighted by atomic mass is 16.6. The highest BCUT2D eigenvalue weighted by molar-refractivity contribution is 5.76. The van der Waals surface area contributed by atoms with Crippen LogP contribution in [0, 0.1) is 11.3 Å². The van der Waals surface area contributed by atoms with E-state index in [1.807, 2.05) is 0 Å². The number of rotatable bonds is 7. The number of aliphatic hydroxyl groups excluding tert-OH is 1. The molecule has 1 fully saturated rings. The largest absolute Gasteiger partial charge is 0.481 e. The highest BCUT2D eigenvalue weighted by Crippen LogP contribution is 2.42. The third kappa shape index (κ3) is 5.36. The highest BCUT2D eigenvalue weighted by Gasteiger charge is 2.43. The minimum absolute atomic E-state index is 0.0195. The lowest BCUT2D eigenvalue weighted by atomic mass is 9.79. The summed E-state index contributed by atoms with van der Waals surface area (Å²) in [6, 6.07) is 0. The molecule has 3 N–H and O–H groups in total. The summed E-state index contributed by atoms with van der Waals surface area (Å²) in [6.07, 6.45) is 2.03. The van der Waals surface area contributed by atoms with Gasteiger partial charge in [0.2, 0.25) is 0 Å². The summed E-state index contributed by atoms with van der Waals surface area (Å²) in [5.74, 6) is -0.590. The minimum Gasteiger partial charge on any atom is -0.481 e. The maximum atomic E-state index is 11.6. The Bertz CT molecular complexity index is 359. The van der Waals surface area contributed by atoms with E-state index in [-0.39, 0.29) is 19.6 Å². The van der Waals surface area contributed by atoms with Crippen molar-refractivity contribution in [2.75, 3.05) is 13.2 Å². The molecule has 1 aliphatic rings. The smallest absolute Gasteiger partial charge is 0.407 e. The fourth-order valence-corrected chi connectivity index (χ4v) is 2.18. The minimum atomic E-state index is -1.10. The fraction of sp³-hybridized carbons (Fsp3) is 0.857. The lowest BCUT2D eigenvalue weighted by Gasteiger charge is -2.30. The first kappa shape index (κ1) is 16.8. The van der Waals surface area contributed by atoms with Crippen molar-refractivity contribution in [3.05, 3.63) is 0 Å². The number of amides is 1.